The van der Waals surface area contributed by atoms with Gasteiger partial charge in [-0.1, -0.05) is 0 Å². The maximum absolute atomic E-state index is 11.5. The first-order valence-electron chi connectivity index (χ1n) is 5.35. The molecule has 0 aromatic heterocycles. The molecule has 0 aliphatic carbocycles. The molecule has 1 atom stereocenters. The Morgan fingerprint density at radius 3 is 2.53 bits per heavy atom. The van der Waals surface area contributed by atoms with E-state index in [0.29, 0.717) is 6.54 Å². The number of likely N-dealkylation sites (tertiary alicyclic amines) is 1. The van der Waals surface area contributed by atoms with Crippen LogP contribution in [-0.2, 0) is 9.53 Å². The lowest BCUT2D eigenvalue weighted by atomic mass is 10.1. The van der Waals surface area contributed by atoms with Crippen molar-refractivity contribution in [2.75, 3.05) is 19.6 Å². The normalized spacial score (nSPS) is 28.1. The van der Waals surface area contributed by atoms with E-state index in [0.717, 1.165) is 13.0 Å². The molecule has 1 unspecified atom stereocenters. The molecule has 0 bridgehead atoms. The van der Waals surface area contributed by atoms with Gasteiger partial charge in [0.15, 0.2) is 0 Å². The van der Waals surface area contributed by atoms with E-state index in [1.54, 1.807) is 6.92 Å². The van der Waals surface area contributed by atoms with Crippen molar-refractivity contribution in [1.82, 2.24) is 4.90 Å². The van der Waals surface area contributed by atoms with Gasteiger partial charge >= 0.3 is 5.97 Å². The number of carbonyl (C=O) groups excluding carboxylic acids is 1. The summed E-state index contributed by atoms with van der Waals surface area (Å²) in [6, 6.07) is 0. The summed E-state index contributed by atoms with van der Waals surface area (Å²) in [4.78, 5) is 13.4. The maximum Gasteiger partial charge on any atom is 0.320 e. The van der Waals surface area contributed by atoms with Gasteiger partial charge < -0.3 is 9.84 Å². The number of ether oxygens (including phenoxy) is 1. The Labute approximate surface area is 91.2 Å². The zero-order valence-electron chi connectivity index (χ0n) is 10.0. The van der Waals surface area contributed by atoms with E-state index < -0.39 is 11.2 Å². The minimum Gasteiger partial charge on any atom is -0.459 e. The lowest BCUT2D eigenvalue weighted by molar-refractivity contribution is -0.155. The number of rotatable bonds is 2. The van der Waals surface area contributed by atoms with Crippen molar-refractivity contribution in [2.24, 2.45) is 0 Å². The Morgan fingerprint density at radius 2 is 2.13 bits per heavy atom. The summed E-state index contributed by atoms with van der Waals surface area (Å²) in [7, 11) is 0. The van der Waals surface area contributed by atoms with Crippen molar-refractivity contribution in [2.45, 2.75) is 45.3 Å². The minimum atomic E-state index is -0.651. The summed E-state index contributed by atoms with van der Waals surface area (Å²) in [5, 5.41) is 9.72. The second-order valence-corrected chi connectivity index (χ2v) is 5.54. The summed E-state index contributed by atoms with van der Waals surface area (Å²) in [6.07, 6.45) is 0.718. The monoisotopic (exact) mass is 215 g/mol. The molecule has 1 heterocycles. The standard InChI is InChI=1S/C11H21NO3/c1-10(2,3)15-9(13)7-12-6-5-11(4,14)8-12/h14H,5-8H2,1-4H3. The molecule has 0 saturated carbocycles. The van der Waals surface area contributed by atoms with Crippen LogP contribution in [0.15, 0.2) is 0 Å². The van der Waals surface area contributed by atoms with Gasteiger partial charge in [-0.3, -0.25) is 9.69 Å². The molecular formula is C11H21NO3. The first-order chi connectivity index (χ1) is 6.68. The highest BCUT2D eigenvalue weighted by Gasteiger charge is 2.32. The van der Waals surface area contributed by atoms with E-state index in [1.165, 1.54) is 0 Å². The molecule has 1 saturated heterocycles. The summed E-state index contributed by atoms with van der Waals surface area (Å²) in [6.45, 7) is 8.93. The summed E-state index contributed by atoms with van der Waals surface area (Å²) in [5.41, 5.74) is -1.08. The van der Waals surface area contributed by atoms with Crippen LogP contribution in [0, 0.1) is 0 Å². The van der Waals surface area contributed by atoms with E-state index in [4.69, 9.17) is 4.74 Å². The molecule has 1 aliphatic heterocycles. The number of hydrogen-bond acceptors (Lipinski definition) is 4. The fourth-order valence-electron chi connectivity index (χ4n) is 1.73. The van der Waals surface area contributed by atoms with E-state index in [2.05, 4.69) is 0 Å². The van der Waals surface area contributed by atoms with Crippen LogP contribution < -0.4 is 0 Å². The number of esters is 1. The fraction of sp³-hybridized carbons (Fsp3) is 0.909. The average molecular weight is 215 g/mol. The van der Waals surface area contributed by atoms with Crippen molar-refractivity contribution < 1.29 is 14.6 Å². The average Bonchev–Trinajstić information content (AvgIpc) is 2.25. The van der Waals surface area contributed by atoms with Crippen LogP contribution in [0.2, 0.25) is 0 Å². The molecule has 0 amide bonds. The molecule has 0 aromatic rings. The largest absolute Gasteiger partial charge is 0.459 e. The molecule has 1 N–H and O–H groups in total. The van der Waals surface area contributed by atoms with Crippen LogP contribution in [0.3, 0.4) is 0 Å². The molecule has 4 heteroatoms. The zero-order valence-corrected chi connectivity index (χ0v) is 10.0. The van der Waals surface area contributed by atoms with E-state index >= 15 is 0 Å². The van der Waals surface area contributed by atoms with Gasteiger partial charge in [0.2, 0.25) is 0 Å². The van der Waals surface area contributed by atoms with E-state index in [-0.39, 0.29) is 12.5 Å². The molecular weight excluding hydrogens is 194 g/mol. The molecule has 0 radical (unpaired) electrons. The van der Waals surface area contributed by atoms with Crippen LogP contribution in [0.25, 0.3) is 0 Å². The molecule has 4 nitrogen and oxygen atoms in total. The SMILES string of the molecule is CC1(O)CCN(CC(=O)OC(C)(C)C)C1. The van der Waals surface area contributed by atoms with Gasteiger partial charge in [0.05, 0.1) is 12.1 Å². The van der Waals surface area contributed by atoms with Crippen molar-refractivity contribution in [3.63, 3.8) is 0 Å². The highest BCUT2D eigenvalue weighted by Crippen LogP contribution is 2.20. The summed E-state index contributed by atoms with van der Waals surface area (Å²) < 4.78 is 5.21. The predicted molar refractivity (Wildman–Crippen MR) is 57.5 cm³/mol. The van der Waals surface area contributed by atoms with Gasteiger partial charge in [0.25, 0.3) is 0 Å². The molecule has 1 rings (SSSR count). The van der Waals surface area contributed by atoms with Crippen LogP contribution in [0.4, 0.5) is 0 Å². The topological polar surface area (TPSA) is 49.8 Å². The Hall–Kier alpha value is -0.610. The Balaban J connectivity index is 2.34. The van der Waals surface area contributed by atoms with E-state index in [9.17, 15) is 9.90 Å². The van der Waals surface area contributed by atoms with Gasteiger partial charge in [-0.2, -0.15) is 0 Å². The highest BCUT2D eigenvalue weighted by atomic mass is 16.6. The Morgan fingerprint density at radius 1 is 1.53 bits per heavy atom. The highest BCUT2D eigenvalue weighted by molar-refractivity contribution is 5.72. The predicted octanol–water partition coefficient (Wildman–Crippen LogP) is 0.785. The van der Waals surface area contributed by atoms with E-state index in [1.807, 2.05) is 25.7 Å². The van der Waals surface area contributed by atoms with Gasteiger partial charge in [-0.05, 0) is 34.1 Å². The Kier molecular flexibility index (Phi) is 3.41. The maximum atomic E-state index is 11.5. The number of β-amino-alcohol motifs (C(OH)–C–C–N with tert-alkyl or cyclic N) is 1. The second-order valence-electron chi connectivity index (χ2n) is 5.54. The van der Waals surface area contributed by atoms with Crippen LogP contribution >= 0.6 is 0 Å². The third kappa shape index (κ3) is 4.62. The number of hydrogen-bond donors (Lipinski definition) is 1. The summed E-state index contributed by atoms with van der Waals surface area (Å²) >= 11 is 0. The molecule has 1 aliphatic rings. The van der Waals surface area contributed by atoms with Crippen molar-refractivity contribution in [3.05, 3.63) is 0 Å². The molecule has 1 fully saturated rings. The van der Waals surface area contributed by atoms with Crippen molar-refractivity contribution in [3.8, 4) is 0 Å². The molecule has 88 valence electrons. The van der Waals surface area contributed by atoms with Gasteiger partial charge in [0.1, 0.15) is 5.60 Å². The Bertz CT molecular complexity index is 243. The number of carbonyl (C=O) groups is 1. The third-order valence-corrected chi connectivity index (χ3v) is 2.30. The summed E-state index contributed by atoms with van der Waals surface area (Å²) in [5.74, 6) is -0.222. The fourth-order valence-corrected chi connectivity index (χ4v) is 1.73. The van der Waals surface area contributed by atoms with Crippen LogP contribution in [0.1, 0.15) is 34.1 Å². The van der Waals surface area contributed by atoms with Crippen molar-refractivity contribution in [1.29, 1.82) is 0 Å². The first-order valence-corrected chi connectivity index (χ1v) is 5.35. The van der Waals surface area contributed by atoms with Crippen LogP contribution in [0.5, 0.6) is 0 Å². The van der Waals surface area contributed by atoms with Gasteiger partial charge in [-0.15, -0.1) is 0 Å². The first kappa shape index (κ1) is 12.5. The quantitative estimate of drug-likeness (QED) is 0.692. The molecule has 0 spiro atoms. The lowest BCUT2D eigenvalue weighted by Crippen LogP contribution is -2.36. The van der Waals surface area contributed by atoms with Gasteiger partial charge in [-0.25, -0.2) is 0 Å². The lowest BCUT2D eigenvalue weighted by Gasteiger charge is -2.22. The number of aliphatic hydroxyl groups is 1. The van der Waals surface area contributed by atoms with Crippen molar-refractivity contribution >= 4 is 5.97 Å². The molecule has 0 aromatic carbocycles. The van der Waals surface area contributed by atoms with Gasteiger partial charge in [0, 0.05) is 13.1 Å². The van der Waals surface area contributed by atoms with Crippen LogP contribution in [-0.4, -0.2) is 46.8 Å². The third-order valence-electron chi connectivity index (χ3n) is 2.30. The molecule has 15 heavy (non-hydrogen) atoms. The minimum absolute atomic E-state index is 0.222. The smallest absolute Gasteiger partial charge is 0.320 e. The number of nitrogens with zero attached hydrogens (tertiary/aromatic N) is 1. The second kappa shape index (κ2) is 4.10. The zero-order chi connectivity index (χ0) is 11.7.